The van der Waals surface area contributed by atoms with E-state index in [0.717, 1.165) is 45.9 Å². The molecule has 1 aromatic rings. The Morgan fingerprint density at radius 1 is 1.12 bits per heavy atom. The highest BCUT2D eigenvalue weighted by molar-refractivity contribution is 5.76. The molecule has 1 aromatic heterocycles. The smallest absolute Gasteiger partial charge is 0.221 e. The predicted molar refractivity (Wildman–Crippen MR) is 97.3 cm³/mol. The number of carbonyl (C=O) groups is 1. The van der Waals surface area contributed by atoms with Crippen molar-refractivity contribution in [1.82, 2.24) is 20.1 Å². The van der Waals surface area contributed by atoms with Gasteiger partial charge in [-0.2, -0.15) is 0 Å². The number of likely N-dealkylation sites (tertiary alicyclic amines) is 1. The Labute approximate surface area is 150 Å². The van der Waals surface area contributed by atoms with Crippen LogP contribution in [0.5, 0.6) is 0 Å². The first kappa shape index (κ1) is 18.3. The zero-order chi connectivity index (χ0) is 17.3. The van der Waals surface area contributed by atoms with Gasteiger partial charge in [0.15, 0.2) is 0 Å². The van der Waals surface area contributed by atoms with Crippen molar-refractivity contribution >= 4 is 5.91 Å². The summed E-state index contributed by atoms with van der Waals surface area (Å²) in [7, 11) is 0. The van der Waals surface area contributed by atoms with Crippen molar-refractivity contribution in [3.63, 3.8) is 0 Å². The van der Waals surface area contributed by atoms with E-state index in [2.05, 4.69) is 20.1 Å². The molecule has 3 rings (SSSR count). The number of aromatic nitrogens is 1. The summed E-state index contributed by atoms with van der Waals surface area (Å²) >= 11 is 0. The number of pyridine rings is 1. The number of piperidine rings is 1. The summed E-state index contributed by atoms with van der Waals surface area (Å²) in [6.07, 6.45) is 8.09. The van der Waals surface area contributed by atoms with Crippen LogP contribution in [0.4, 0.5) is 0 Å². The number of amides is 1. The Kier molecular flexibility index (Phi) is 7.21. The molecular weight excluding hydrogens is 316 g/mol. The average molecular weight is 346 g/mol. The maximum Gasteiger partial charge on any atom is 0.221 e. The Morgan fingerprint density at radius 3 is 2.56 bits per heavy atom. The van der Waals surface area contributed by atoms with E-state index < -0.39 is 0 Å². The summed E-state index contributed by atoms with van der Waals surface area (Å²) in [5.41, 5.74) is 1.20. The predicted octanol–water partition coefficient (Wildman–Crippen LogP) is 1.45. The fourth-order valence-electron chi connectivity index (χ4n) is 3.67. The molecule has 3 heterocycles. The van der Waals surface area contributed by atoms with E-state index in [9.17, 15) is 4.79 Å². The van der Waals surface area contributed by atoms with Gasteiger partial charge in [-0.1, -0.05) is 6.42 Å². The standard InChI is InChI=1S/C19H30N4O2/c24-19(6-11-22-9-2-1-3-10-22)21-16-18(17-4-7-20-8-5-17)23-12-14-25-15-13-23/h4-5,7-8,18H,1-3,6,9-16H2,(H,21,24)/t18-/m0/s1. The number of carbonyl (C=O) groups excluding carboxylic acids is 1. The topological polar surface area (TPSA) is 57.7 Å². The third-order valence-corrected chi connectivity index (χ3v) is 5.17. The van der Waals surface area contributed by atoms with Crippen molar-refractivity contribution in [2.24, 2.45) is 0 Å². The largest absolute Gasteiger partial charge is 0.379 e. The molecule has 0 bridgehead atoms. The summed E-state index contributed by atoms with van der Waals surface area (Å²) in [6.45, 7) is 7.11. The Bertz CT molecular complexity index is 513. The minimum Gasteiger partial charge on any atom is -0.379 e. The van der Waals surface area contributed by atoms with E-state index in [0.29, 0.717) is 13.0 Å². The van der Waals surface area contributed by atoms with E-state index in [-0.39, 0.29) is 11.9 Å². The molecule has 1 N–H and O–H groups in total. The maximum absolute atomic E-state index is 12.3. The summed E-state index contributed by atoms with van der Waals surface area (Å²) in [5, 5.41) is 3.15. The van der Waals surface area contributed by atoms with Gasteiger partial charge >= 0.3 is 0 Å². The third kappa shape index (κ3) is 5.76. The van der Waals surface area contributed by atoms with Crippen LogP contribution in [0.3, 0.4) is 0 Å². The lowest BCUT2D eigenvalue weighted by Gasteiger charge is -2.35. The second-order valence-electron chi connectivity index (χ2n) is 6.90. The minimum absolute atomic E-state index is 0.151. The Balaban J connectivity index is 1.50. The van der Waals surface area contributed by atoms with Gasteiger partial charge in [0.05, 0.1) is 19.3 Å². The number of hydrogen-bond acceptors (Lipinski definition) is 5. The molecule has 0 unspecified atom stereocenters. The molecule has 0 spiro atoms. The van der Waals surface area contributed by atoms with Crippen molar-refractivity contribution < 1.29 is 9.53 Å². The second-order valence-corrected chi connectivity index (χ2v) is 6.90. The summed E-state index contributed by atoms with van der Waals surface area (Å²) < 4.78 is 5.47. The zero-order valence-corrected chi connectivity index (χ0v) is 15.0. The lowest BCUT2D eigenvalue weighted by Crippen LogP contribution is -2.44. The van der Waals surface area contributed by atoms with Gasteiger partial charge in [-0.15, -0.1) is 0 Å². The van der Waals surface area contributed by atoms with E-state index >= 15 is 0 Å². The van der Waals surface area contributed by atoms with Crippen LogP contribution in [0.25, 0.3) is 0 Å². The molecule has 2 aliphatic rings. The molecule has 0 aliphatic carbocycles. The molecule has 0 aromatic carbocycles. The average Bonchev–Trinajstić information content (AvgIpc) is 2.69. The van der Waals surface area contributed by atoms with E-state index in [1.54, 1.807) is 0 Å². The van der Waals surface area contributed by atoms with E-state index in [1.807, 2.05) is 24.5 Å². The van der Waals surface area contributed by atoms with Gasteiger partial charge in [0.25, 0.3) is 0 Å². The van der Waals surface area contributed by atoms with Crippen LogP contribution in [-0.2, 0) is 9.53 Å². The molecule has 0 saturated carbocycles. The number of hydrogen-bond donors (Lipinski definition) is 1. The molecule has 1 amide bonds. The first-order chi connectivity index (χ1) is 12.3. The fourth-order valence-corrected chi connectivity index (χ4v) is 3.67. The van der Waals surface area contributed by atoms with Crippen molar-refractivity contribution in [3.05, 3.63) is 30.1 Å². The van der Waals surface area contributed by atoms with Gasteiger partial charge in [-0.05, 0) is 43.6 Å². The lowest BCUT2D eigenvalue weighted by molar-refractivity contribution is -0.121. The van der Waals surface area contributed by atoms with E-state index in [1.165, 1.54) is 24.8 Å². The molecule has 2 aliphatic heterocycles. The summed E-state index contributed by atoms with van der Waals surface area (Å²) in [4.78, 5) is 21.2. The summed E-state index contributed by atoms with van der Waals surface area (Å²) in [5.74, 6) is 0.151. The second kappa shape index (κ2) is 9.85. The van der Waals surface area contributed by atoms with Gasteiger partial charge < -0.3 is 15.0 Å². The van der Waals surface area contributed by atoms with Crippen LogP contribution in [-0.4, -0.2) is 73.2 Å². The van der Waals surface area contributed by atoms with Crippen molar-refractivity contribution in [2.45, 2.75) is 31.7 Å². The number of ether oxygens (including phenoxy) is 1. The van der Waals surface area contributed by atoms with Crippen molar-refractivity contribution in [3.8, 4) is 0 Å². The van der Waals surface area contributed by atoms with Gasteiger partial charge in [-0.3, -0.25) is 14.7 Å². The SMILES string of the molecule is O=C(CCN1CCCCC1)NC[C@@H](c1ccncc1)N1CCOCC1. The van der Waals surface area contributed by atoms with Crippen LogP contribution in [0, 0.1) is 0 Å². The third-order valence-electron chi connectivity index (χ3n) is 5.17. The molecule has 138 valence electrons. The zero-order valence-electron chi connectivity index (χ0n) is 15.0. The molecular formula is C19H30N4O2. The van der Waals surface area contributed by atoms with Crippen LogP contribution in [0.1, 0.15) is 37.3 Å². The number of morpholine rings is 1. The minimum atomic E-state index is 0.151. The molecule has 1 atom stereocenters. The van der Waals surface area contributed by atoms with Gasteiger partial charge in [0, 0.05) is 45.0 Å². The van der Waals surface area contributed by atoms with E-state index in [4.69, 9.17) is 4.74 Å². The van der Waals surface area contributed by atoms with Crippen molar-refractivity contribution in [1.29, 1.82) is 0 Å². The fraction of sp³-hybridized carbons (Fsp3) is 0.684. The highest BCUT2D eigenvalue weighted by Crippen LogP contribution is 2.20. The monoisotopic (exact) mass is 346 g/mol. The molecule has 25 heavy (non-hydrogen) atoms. The van der Waals surface area contributed by atoms with Gasteiger partial charge in [0.2, 0.25) is 5.91 Å². The number of rotatable bonds is 7. The van der Waals surface area contributed by atoms with Crippen LogP contribution in [0.15, 0.2) is 24.5 Å². The molecule has 2 saturated heterocycles. The van der Waals surface area contributed by atoms with Crippen LogP contribution < -0.4 is 5.32 Å². The molecule has 0 radical (unpaired) electrons. The highest BCUT2D eigenvalue weighted by atomic mass is 16.5. The molecule has 2 fully saturated rings. The molecule has 6 nitrogen and oxygen atoms in total. The Morgan fingerprint density at radius 2 is 1.84 bits per heavy atom. The summed E-state index contributed by atoms with van der Waals surface area (Å²) in [6, 6.07) is 4.27. The van der Waals surface area contributed by atoms with Gasteiger partial charge in [0.1, 0.15) is 0 Å². The van der Waals surface area contributed by atoms with Gasteiger partial charge in [-0.25, -0.2) is 0 Å². The highest BCUT2D eigenvalue weighted by Gasteiger charge is 2.23. The van der Waals surface area contributed by atoms with Crippen molar-refractivity contribution in [2.75, 3.05) is 52.5 Å². The lowest BCUT2D eigenvalue weighted by atomic mass is 10.1. The maximum atomic E-state index is 12.3. The first-order valence-corrected chi connectivity index (χ1v) is 9.54. The first-order valence-electron chi connectivity index (χ1n) is 9.54. The van der Waals surface area contributed by atoms with Crippen LogP contribution in [0.2, 0.25) is 0 Å². The Hall–Kier alpha value is -1.50. The normalized spacial score (nSPS) is 21.0. The van der Waals surface area contributed by atoms with Crippen LogP contribution >= 0.6 is 0 Å². The number of nitrogens with one attached hydrogen (secondary N) is 1. The number of nitrogens with zero attached hydrogens (tertiary/aromatic N) is 3. The quantitative estimate of drug-likeness (QED) is 0.810. The molecule has 6 heteroatoms.